The standard InChI is InChI=1S/C20H18N2O5/c1-12(23)21-15-7-4-13(5-8-15)10-16-20(24)27-19(22-16)14-6-9-17(25-2)18(11-14)26-3/h4-11H,1-3H3,(H,21,23)/b16-10-. The first-order valence-electron chi connectivity index (χ1n) is 8.13. The third-order valence-corrected chi connectivity index (χ3v) is 3.79. The summed E-state index contributed by atoms with van der Waals surface area (Å²) in [6, 6.07) is 12.2. The number of nitrogens with one attached hydrogen (secondary N) is 1. The quantitative estimate of drug-likeness (QED) is 0.649. The van der Waals surface area contributed by atoms with Crippen molar-refractivity contribution >= 4 is 29.5 Å². The van der Waals surface area contributed by atoms with Crippen LogP contribution in [0, 0.1) is 0 Å². The first-order chi connectivity index (χ1) is 13.0. The Hall–Kier alpha value is -3.61. The van der Waals surface area contributed by atoms with E-state index in [1.807, 2.05) is 0 Å². The molecule has 2 aromatic rings. The van der Waals surface area contributed by atoms with Crippen molar-refractivity contribution in [2.75, 3.05) is 19.5 Å². The largest absolute Gasteiger partial charge is 0.493 e. The van der Waals surface area contributed by atoms with Gasteiger partial charge in [-0.05, 0) is 42.0 Å². The van der Waals surface area contributed by atoms with Crippen LogP contribution in [0.4, 0.5) is 5.69 Å². The summed E-state index contributed by atoms with van der Waals surface area (Å²) in [6.07, 6.45) is 1.62. The molecular weight excluding hydrogens is 348 g/mol. The maximum Gasteiger partial charge on any atom is 0.363 e. The van der Waals surface area contributed by atoms with Gasteiger partial charge in [-0.3, -0.25) is 4.79 Å². The van der Waals surface area contributed by atoms with E-state index in [9.17, 15) is 9.59 Å². The Morgan fingerprint density at radius 2 is 1.78 bits per heavy atom. The smallest absolute Gasteiger partial charge is 0.363 e. The molecule has 1 N–H and O–H groups in total. The van der Waals surface area contributed by atoms with E-state index in [1.165, 1.54) is 14.0 Å². The van der Waals surface area contributed by atoms with Gasteiger partial charge in [0.1, 0.15) is 0 Å². The molecule has 0 atom stereocenters. The lowest BCUT2D eigenvalue weighted by Gasteiger charge is -2.08. The van der Waals surface area contributed by atoms with Crippen molar-refractivity contribution in [2.45, 2.75) is 6.92 Å². The molecule has 138 valence electrons. The van der Waals surface area contributed by atoms with Gasteiger partial charge in [-0.15, -0.1) is 0 Å². The monoisotopic (exact) mass is 366 g/mol. The molecule has 27 heavy (non-hydrogen) atoms. The fourth-order valence-corrected chi connectivity index (χ4v) is 2.53. The predicted octanol–water partition coefficient (Wildman–Crippen LogP) is 3.01. The zero-order chi connectivity index (χ0) is 19.4. The number of hydrogen-bond acceptors (Lipinski definition) is 6. The van der Waals surface area contributed by atoms with E-state index in [1.54, 1.807) is 55.7 Å². The summed E-state index contributed by atoms with van der Waals surface area (Å²) in [5.74, 6) is 0.596. The number of hydrogen-bond donors (Lipinski definition) is 1. The summed E-state index contributed by atoms with van der Waals surface area (Å²) in [6.45, 7) is 1.44. The lowest BCUT2D eigenvalue weighted by molar-refractivity contribution is -0.129. The number of anilines is 1. The number of benzene rings is 2. The SMILES string of the molecule is COc1ccc(C2=N/C(=C\c3ccc(NC(C)=O)cc3)C(=O)O2)cc1OC. The van der Waals surface area contributed by atoms with Crippen LogP contribution in [0.1, 0.15) is 18.1 Å². The Morgan fingerprint density at radius 1 is 1.07 bits per heavy atom. The number of ether oxygens (including phenoxy) is 3. The maximum atomic E-state index is 12.1. The number of aliphatic imine (C=N–C) groups is 1. The second-order valence-electron chi connectivity index (χ2n) is 5.71. The van der Waals surface area contributed by atoms with Gasteiger partial charge in [0.15, 0.2) is 17.2 Å². The van der Waals surface area contributed by atoms with Crippen molar-refractivity contribution in [3.8, 4) is 11.5 Å². The molecule has 0 saturated carbocycles. The predicted molar refractivity (Wildman–Crippen MR) is 101 cm³/mol. The van der Waals surface area contributed by atoms with Crippen molar-refractivity contribution in [3.05, 3.63) is 59.3 Å². The highest BCUT2D eigenvalue weighted by Crippen LogP contribution is 2.29. The number of carbonyl (C=O) groups is 2. The minimum Gasteiger partial charge on any atom is -0.493 e. The topological polar surface area (TPSA) is 86.2 Å². The Morgan fingerprint density at radius 3 is 2.41 bits per heavy atom. The van der Waals surface area contributed by atoms with Crippen molar-refractivity contribution in [1.29, 1.82) is 0 Å². The van der Waals surface area contributed by atoms with Crippen LogP contribution in [0.3, 0.4) is 0 Å². The summed E-state index contributed by atoms with van der Waals surface area (Å²) in [5, 5.41) is 2.68. The number of esters is 1. The molecule has 1 aliphatic heterocycles. The average Bonchev–Trinajstić information content (AvgIpc) is 3.02. The van der Waals surface area contributed by atoms with E-state index in [0.29, 0.717) is 22.7 Å². The molecule has 7 nitrogen and oxygen atoms in total. The molecule has 1 heterocycles. The third kappa shape index (κ3) is 4.14. The van der Waals surface area contributed by atoms with Gasteiger partial charge in [0, 0.05) is 18.2 Å². The number of rotatable bonds is 5. The minimum absolute atomic E-state index is 0.148. The highest BCUT2D eigenvalue weighted by Gasteiger charge is 2.25. The van der Waals surface area contributed by atoms with E-state index in [-0.39, 0.29) is 17.5 Å². The second-order valence-corrected chi connectivity index (χ2v) is 5.71. The summed E-state index contributed by atoms with van der Waals surface area (Å²) in [7, 11) is 3.07. The number of amides is 1. The normalized spacial score (nSPS) is 14.6. The van der Waals surface area contributed by atoms with Crippen LogP contribution >= 0.6 is 0 Å². The summed E-state index contributed by atoms with van der Waals surface area (Å²) in [5.41, 5.74) is 2.22. The zero-order valence-corrected chi connectivity index (χ0v) is 15.1. The highest BCUT2D eigenvalue weighted by molar-refractivity contribution is 6.13. The molecule has 1 amide bonds. The Balaban J connectivity index is 1.85. The fourth-order valence-electron chi connectivity index (χ4n) is 2.53. The first kappa shape index (κ1) is 18.2. The van der Waals surface area contributed by atoms with E-state index in [0.717, 1.165) is 5.56 Å². The lowest BCUT2D eigenvalue weighted by atomic mass is 10.1. The molecule has 1 aliphatic rings. The van der Waals surface area contributed by atoms with Gasteiger partial charge in [0.05, 0.1) is 14.2 Å². The number of nitrogens with zero attached hydrogens (tertiary/aromatic N) is 1. The molecule has 0 aliphatic carbocycles. The molecule has 0 radical (unpaired) electrons. The average molecular weight is 366 g/mol. The van der Waals surface area contributed by atoms with Crippen LogP contribution in [-0.2, 0) is 14.3 Å². The second kappa shape index (κ2) is 7.74. The highest BCUT2D eigenvalue weighted by atomic mass is 16.6. The minimum atomic E-state index is -0.536. The van der Waals surface area contributed by atoms with Gasteiger partial charge in [0.25, 0.3) is 0 Å². The maximum absolute atomic E-state index is 12.1. The van der Waals surface area contributed by atoms with Gasteiger partial charge < -0.3 is 19.5 Å². The molecule has 0 saturated heterocycles. The van der Waals surface area contributed by atoms with E-state index in [4.69, 9.17) is 14.2 Å². The Bertz CT molecular complexity index is 945. The summed E-state index contributed by atoms with van der Waals surface area (Å²) >= 11 is 0. The fraction of sp³-hybridized carbons (Fsp3) is 0.150. The molecule has 7 heteroatoms. The zero-order valence-electron chi connectivity index (χ0n) is 15.1. The summed E-state index contributed by atoms with van der Waals surface area (Å²) in [4.78, 5) is 27.5. The van der Waals surface area contributed by atoms with Crippen LogP contribution in [0.2, 0.25) is 0 Å². The lowest BCUT2D eigenvalue weighted by Crippen LogP contribution is -2.06. The van der Waals surface area contributed by atoms with Crippen molar-refractivity contribution in [3.63, 3.8) is 0 Å². The van der Waals surface area contributed by atoms with E-state index in [2.05, 4.69) is 10.3 Å². The molecule has 3 rings (SSSR count). The number of cyclic esters (lactones) is 1. The van der Waals surface area contributed by atoms with Crippen LogP contribution in [0.15, 0.2) is 53.2 Å². The van der Waals surface area contributed by atoms with Crippen LogP contribution in [-0.4, -0.2) is 32.0 Å². The van der Waals surface area contributed by atoms with Gasteiger partial charge in [0.2, 0.25) is 11.8 Å². The first-order valence-corrected chi connectivity index (χ1v) is 8.13. The van der Waals surface area contributed by atoms with E-state index < -0.39 is 5.97 Å². The van der Waals surface area contributed by atoms with Gasteiger partial charge in [-0.2, -0.15) is 0 Å². The van der Waals surface area contributed by atoms with Crippen LogP contribution in [0.5, 0.6) is 11.5 Å². The van der Waals surface area contributed by atoms with Gasteiger partial charge >= 0.3 is 5.97 Å². The molecule has 0 aromatic heterocycles. The number of carbonyl (C=O) groups excluding carboxylic acids is 2. The van der Waals surface area contributed by atoms with Crippen LogP contribution < -0.4 is 14.8 Å². The molecule has 0 bridgehead atoms. The van der Waals surface area contributed by atoms with Crippen molar-refractivity contribution < 1.29 is 23.8 Å². The molecule has 0 spiro atoms. The van der Waals surface area contributed by atoms with Crippen LogP contribution in [0.25, 0.3) is 6.08 Å². The van der Waals surface area contributed by atoms with Gasteiger partial charge in [-0.25, -0.2) is 9.79 Å². The Kier molecular flexibility index (Phi) is 5.21. The molecule has 2 aromatic carbocycles. The molecular formula is C20H18N2O5. The van der Waals surface area contributed by atoms with E-state index >= 15 is 0 Å². The summed E-state index contributed by atoms with van der Waals surface area (Å²) < 4.78 is 15.7. The molecule has 0 unspecified atom stereocenters. The molecule has 0 fully saturated rings. The Labute approximate surface area is 156 Å². The van der Waals surface area contributed by atoms with Crippen molar-refractivity contribution in [1.82, 2.24) is 0 Å². The third-order valence-electron chi connectivity index (χ3n) is 3.79. The van der Waals surface area contributed by atoms with Crippen molar-refractivity contribution in [2.24, 2.45) is 4.99 Å². The van der Waals surface area contributed by atoms with Gasteiger partial charge in [-0.1, -0.05) is 12.1 Å². The number of methoxy groups -OCH3 is 2.